The smallest absolute Gasteiger partial charge is 0.107 e. The number of rotatable bonds is 5. The van der Waals surface area contributed by atoms with Crippen molar-refractivity contribution in [2.75, 3.05) is 12.3 Å². The van der Waals surface area contributed by atoms with Crippen LogP contribution in [0, 0.1) is 0 Å². The Balaban J connectivity index is 0.00000180. The number of aliphatic hydroxyl groups excluding tert-OH is 1. The minimum absolute atomic E-state index is 0. The molecule has 0 saturated carbocycles. The largest absolute Gasteiger partial charge is 0.384 e. The Morgan fingerprint density at radius 2 is 1.80 bits per heavy atom. The summed E-state index contributed by atoms with van der Waals surface area (Å²) in [5.41, 5.74) is 7.21. The van der Waals surface area contributed by atoms with Crippen molar-refractivity contribution in [3.8, 4) is 0 Å². The van der Waals surface area contributed by atoms with Crippen molar-refractivity contribution in [3.05, 3.63) is 59.8 Å². The molecule has 0 fully saturated rings. The van der Waals surface area contributed by atoms with Gasteiger partial charge in [0.05, 0.1) is 0 Å². The number of aliphatic hydroxyl groups is 1. The van der Waals surface area contributed by atoms with Crippen LogP contribution in [0.5, 0.6) is 0 Å². The zero-order valence-corrected chi connectivity index (χ0v) is 13.3. The van der Waals surface area contributed by atoms with Gasteiger partial charge < -0.3 is 10.8 Å². The molecule has 1 unspecified atom stereocenters. The molecular formula is C14H18Cl2N2OS. The summed E-state index contributed by atoms with van der Waals surface area (Å²) in [5.74, 6) is 0.797. The van der Waals surface area contributed by atoms with Gasteiger partial charge in [0.25, 0.3) is 0 Å². The molecule has 0 amide bonds. The first-order valence-electron chi connectivity index (χ1n) is 5.83. The van der Waals surface area contributed by atoms with E-state index in [2.05, 4.69) is 4.98 Å². The number of halogens is 2. The maximum absolute atomic E-state index is 10.4. The number of aromatic nitrogens is 1. The molecule has 0 aliphatic rings. The predicted octanol–water partition coefficient (Wildman–Crippen LogP) is 3.06. The van der Waals surface area contributed by atoms with Gasteiger partial charge in [0, 0.05) is 24.1 Å². The summed E-state index contributed by atoms with van der Waals surface area (Å²) in [7, 11) is 0. The average molecular weight is 333 g/mol. The number of nitrogens with zero attached hydrogens (tertiary/aromatic N) is 1. The maximum Gasteiger partial charge on any atom is 0.107 e. The molecule has 20 heavy (non-hydrogen) atoms. The zero-order valence-electron chi connectivity index (χ0n) is 10.8. The third-order valence-electron chi connectivity index (χ3n) is 2.57. The lowest BCUT2D eigenvalue weighted by molar-refractivity contribution is 0.216. The van der Waals surface area contributed by atoms with Gasteiger partial charge in [0.15, 0.2) is 0 Å². The van der Waals surface area contributed by atoms with Crippen LogP contribution >= 0.6 is 36.6 Å². The maximum atomic E-state index is 10.4. The lowest BCUT2D eigenvalue weighted by Crippen LogP contribution is -2.05. The van der Waals surface area contributed by atoms with Gasteiger partial charge in [-0.05, 0) is 11.6 Å². The van der Waals surface area contributed by atoms with E-state index < -0.39 is 6.10 Å². The highest BCUT2D eigenvalue weighted by atomic mass is 35.5. The van der Waals surface area contributed by atoms with E-state index in [9.17, 15) is 5.11 Å². The van der Waals surface area contributed by atoms with E-state index in [0.29, 0.717) is 6.54 Å². The van der Waals surface area contributed by atoms with E-state index in [0.717, 1.165) is 21.9 Å². The van der Waals surface area contributed by atoms with Crippen LogP contribution in [0.3, 0.4) is 0 Å². The molecule has 1 heterocycles. The number of nitrogens with two attached hydrogens (primary N) is 1. The number of benzene rings is 1. The summed E-state index contributed by atoms with van der Waals surface area (Å²) in [6.07, 6.45) is 1.10. The summed E-state index contributed by atoms with van der Waals surface area (Å²) < 4.78 is 0. The third-order valence-corrected chi connectivity index (χ3v) is 3.62. The Labute approximate surface area is 135 Å². The number of pyridine rings is 1. The molecule has 0 saturated heterocycles. The van der Waals surface area contributed by atoms with Crippen molar-refractivity contribution in [2.45, 2.75) is 11.1 Å². The van der Waals surface area contributed by atoms with Crippen LogP contribution in [-0.2, 0) is 0 Å². The quantitative estimate of drug-likeness (QED) is 0.826. The van der Waals surface area contributed by atoms with Crippen molar-refractivity contribution < 1.29 is 5.11 Å². The van der Waals surface area contributed by atoms with Gasteiger partial charge >= 0.3 is 0 Å². The van der Waals surface area contributed by atoms with Crippen LogP contribution in [-0.4, -0.2) is 22.4 Å². The average Bonchev–Trinajstić information content (AvgIpc) is 2.45. The topological polar surface area (TPSA) is 59.1 Å². The van der Waals surface area contributed by atoms with Gasteiger partial charge in [-0.25, -0.2) is 4.98 Å². The van der Waals surface area contributed by atoms with E-state index >= 15 is 0 Å². The van der Waals surface area contributed by atoms with Crippen molar-refractivity contribution in [1.29, 1.82) is 0 Å². The van der Waals surface area contributed by atoms with Crippen LogP contribution in [0.4, 0.5) is 0 Å². The summed E-state index contributed by atoms with van der Waals surface area (Å²) in [6.45, 7) is 0.599. The molecule has 0 spiro atoms. The number of hydrogen-bond donors (Lipinski definition) is 2. The summed E-state index contributed by atoms with van der Waals surface area (Å²) >= 11 is 1.57. The van der Waals surface area contributed by atoms with Gasteiger partial charge in [-0.1, -0.05) is 36.4 Å². The fourth-order valence-electron chi connectivity index (χ4n) is 1.70. The zero-order chi connectivity index (χ0) is 12.8. The second kappa shape index (κ2) is 10.0. The van der Waals surface area contributed by atoms with Crippen LogP contribution in [0.25, 0.3) is 0 Å². The number of hydrogen-bond acceptors (Lipinski definition) is 4. The molecular weight excluding hydrogens is 315 g/mol. The summed E-state index contributed by atoms with van der Waals surface area (Å²) in [5, 5.41) is 11.2. The molecule has 3 N–H and O–H groups in total. The Hall–Kier alpha value is -0.780. The van der Waals surface area contributed by atoms with E-state index in [1.165, 1.54) is 0 Å². The molecule has 2 aromatic rings. The lowest BCUT2D eigenvalue weighted by Gasteiger charge is -2.14. The highest BCUT2D eigenvalue weighted by Gasteiger charge is 2.14. The van der Waals surface area contributed by atoms with Gasteiger partial charge in [0.2, 0.25) is 0 Å². The van der Waals surface area contributed by atoms with Gasteiger partial charge in [-0.3, -0.25) is 0 Å². The predicted molar refractivity (Wildman–Crippen MR) is 89.0 cm³/mol. The van der Waals surface area contributed by atoms with E-state index in [4.69, 9.17) is 5.73 Å². The molecule has 2 rings (SSSR count). The molecule has 6 heteroatoms. The second-order valence-corrected chi connectivity index (χ2v) is 4.93. The SMILES string of the molecule is Cl.Cl.NCCSc1ncccc1C(O)c1ccccc1. The summed E-state index contributed by atoms with van der Waals surface area (Å²) in [6, 6.07) is 13.3. The first-order valence-corrected chi connectivity index (χ1v) is 6.82. The molecule has 110 valence electrons. The summed E-state index contributed by atoms with van der Waals surface area (Å²) in [4.78, 5) is 4.31. The van der Waals surface area contributed by atoms with Crippen LogP contribution < -0.4 is 5.73 Å². The Morgan fingerprint density at radius 3 is 2.45 bits per heavy atom. The van der Waals surface area contributed by atoms with Crippen molar-refractivity contribution in [3.63, 3.8) is 0 Å². The highest BCUT2D eigenvalue weighted by molar-refractivity contribution is 7.99. The lowest BCUT2D eigenvalue weighted by atomic mass is 10.0. The molecule has 1 atom stereocenters. The van der Waals surface area contributed by atoms with Gasteiger partial charge in [-0.15, -0.1) is 36.6 Å². The molecule has 0 aliphatic carbocycles. The molecule has 3 nitrogen and oxygen atoms in total. The Bertz CT molecular complexity index is 500. The minimum Gasteiger partial charge on any atom is -0.384 e. The minimum atomic E-state index is -0.639. The second-order valence-electron chi connectivity index (χ2n) is 3.85. The van der Waals surface area contributed by atoms with Crippen molar-refractivity contribution in [2.24, 2.45) is 5.73 Å². The van der Waals surface area contributed by atoms with Crippen molar-refractivity contribution >= 4 is 36.6 Å². The first kappa shape index (κ1) is 19.2. The fourth-order valence-corrected chi connectivity index (χ4v) is 2.50. The van der Waals surface area contributed by atoms with Crippen molar-refractivity contribution in [1.82, 2.24) is 4.98 Å². The number of thioether (sulfide) groups is 1. The van der Waals surface area contributed by atoms with Crippen LogP contribution in [0.2, 0.25) is 0 Å². The monoisotopic (exact) mass is 332 g/mol. The third kappa shape index (κ3) is 4.96. The first-order chi connectivity index (χ1) is 8.83. The standard InChI is InChI=1S/C14H16N2OS.2ClH/c15-8-10-18-14-12(7-4-9-16-14)13(17)11-5-2-1-3-6-11;;/h1-7,9,13,17H,8,10,15H2;2*1H. The Kier molecular flexibility index (Phi) is 9.63. The van der Waals surface area contributed by atoms with Crippen LogP contribution in [0.1, 0.15) is 17.2 Å². The molecule has 1 aromatic carbocycles. The van der Waals surface area contributed by atoms with Gasteiger partial charge in [0.1, 0.15) is 11.1 Å². The molecule has 1 aromatic heterocycles. The molecule has 0 bridgehead atoms. The normalized spacial score (nSPS) is 11.1. The molecule has 0 aliphatic heterocycles. The van der Waals surface area contributed by atoms with E-state index in [1.54, 1.807) is 18.0 Å². The fraction of sp³-hybridized carbons (Fsp3) is 0.214. The van der Waals surface area contributed by atoms with Gasteiger partial charge in [-0.2, -0.15) is 0 Å². The van der Waals surface area contributed by atoms with E-state index in [-0.39, 0.29) is 24.8 Å². The molecule has 0 radical (unpaired) electrons. The van der Waals surface area contributed by atoms with E-state index in [1.807, 2.05) is 42.5 Å². The highest BCUT2D eigenvalue weighted by Crippen LogP contribution is 2.29. The Morgan fingerprint density at radius 1 is 1.10 bits per heavy atom. The van der Waals surface area contributed by atoms with Crippen LogP contribution in [0.15, 0.2) is 53.7 Å².